The van der Waals surface area contributed by atoms with Crippen LogP contribution in [0.25, 0.3) is 0 Å². The summed E-state index contributed by atoms with van der Waals surface area (Å²) < 4.78 is 0. The minimum Gasteiger partial charge on any atom is -0.281 e. The van der Waals surface area contributed by atoms with E-state index in [9.17, 15) is 0 Å². The molecule has 0 heterocycles. The predicted molar refractivity (Wildman–Crippen MR) is 59.6 cm³/mol. The van der Waals surface area contributed by atoms with Gasteiger partial charge in [-0.05, 0) is 12.1 Å². The van der Waals surface area contributed by atoms with Gasteiger partial charge in [0.05, 0.1) is 11.6 Å². The zero-order valence-electron chi connectivity index (χ0n) is 9.28. The Kier molecular flexibility index (Phi) is 142. The van der Waals surface area contributed by atoms with Gasteiger partial charge < -0.3 is 0 Å². The molecule has 0 aliphatic carbocycles. The van der Waals surface area contributed by atoms with Gasteiger partial charge in [0, 0.05) is 21.1 Å². The standard InChI is InChI=1S/C7H5N.5CO.W/c8-6-7-4-2-1-3-5-7;5*1-2;/h1-5H;;;;;;. The SMILES string of the molecule is N#Cc1ccccc1.[C]=O.[C]=O.[C]=O.[C]=O.[C]=O.[W]. The van der Waals surface area contributed by atoms with E-state index in [1.165, 1.54) is 0 Å². The van der Waals surface area contributed by atoms with Crippen molar-refractivity contribution in [1.82, 2.24) is 0 Å². The van der Waals surface area contributed by atoms with Crippen LogP contribution in [-0.4, -0.2) is 33.9 Å². The minimum absolute atomic E-state index is 0. The molecule has 0 aromatic heterocycles. The quantitative estimate of drug-likeness (QED) is 0.556. The van der Waals surface area contributed by atoms with Crippen molar-refractivity contribution in [2.45, 2.75) is 0 Å². The Morgan fingerprint density at radius 3 is 1.11 bits per heavy atom. The fourth-order valence-electron chi connectivity index (χ4n) is 0.513. The Hall–Kier alpha value is -2.25. The third-order valence-corrected chi connectivity index (χ3v) is 0.903. The van der Waals surface area contributed by atoms with Crippen LogP contribution in [0, 0.1) is 11.3 Å². The van der Waals surface area contributed by atoms with Crippen molar-refractivity contribution in [2.24, 2.45) is 0 Å². The molecule has 0 bridgehead atoms. The first-order valence-electron chi connectivity index (χ1n) is 3.40. The minimum atomic E-state index is 0. The molecule has 1 aromatic rings. The van der Waals surface area contributed by atoms with Crippen LogP contribution in [0.3, 0.4) is 0 Å². The zero-order valence-corrected chi connectivity index (χ0v) is 12.2. The summed E-state index contributed by atoms with van der Waals surface area (Å²) in [6, 6.07) is 11.2. The molecule has 0 spiro atoms. The van der Waals surface area contributed by atoms with E-state index in [0.717, 1.165) is 0 Å². The average Bonchev–Trinajstić information content (AvgIpc) is 2.57. The Balaban J connectivity index is -0.0000000332. The predicted octanol–water partition coefficient (Wildman–Crippen LogP) is -0.430. The maximum atomic E-state index is 8.29. The summed E-state index contributed by atoms with van der Waals surface area (Å²) in [5, 5.41) is 8.29. The largest absolute Gasteiger partial charge is 0.281 e. The van der Waals surface area contributed by atoms with Crippen molar-refractivity contribution in [2.75, 3.05) is 0 Å². The van der Waals surface area contributed by atoms with Gasteiger partial charge in [0.1, 0.15) is 0 Å². The molecule has 7 heteroatoms. The van der Waals surface area contributed by atoms with Gasteiger partial charge in [-0.15, -0.1) is 0 Å². The molecule has 0 unspecified atom stereocenters. The molecule has 1 rings (SSSR count). The topological polar surface area (TPSA) is 109 Å². The molecule has 0 aliphatic heterocycles. The maximum Gasteiger partial charge on any atom is 0.281 e. The Morgan fingerprint density at radius 1 is 0.684 bits per heavy atom. The van der Waals surface area contributed by atoms with E-state index in [-0.39, 0.29) is 21.1 Å². The molecule has 6 nitrogen and oxygen atoms in total. The summed E-state index contributed by atoms with van der Waals surface area (Å²) in [7, 11) is 0. The number of nitriles is 1. The van der Waals surface area contributed by atoms with Gasteiger partial charge in [-0.1, -0.05) is 18.2 Å². The second-order valence-electron chi connectivity index (χ2n) is 1.48. The summed E-state index contributed by atoms with van der Waals surface area (Å²) in [5.41, 5.74) is 0.715. The van der Waals surface area contributed by atoms with Crippen LogP contribution >= 0.6 is 0 Å². The molecule has 19 heavy (non-hydrogen) atoms. The van der Waals surface area contributed by atoms with Crippen molar-refractivity contribution < 1.29 is 45.0 Å². The number of nitrogens with zero attached hydrogens (tertiary/aromatic N) is 1. The molecule has 0 saturated heterocycles. The van der Waals surface area contributed by atoms with Crippen LogP contribution in [0.2, 0.25) is 0 Å². The molecule has 0 amide bonds. The van der Waals surface area contributed by atoms with Crippen molar-refractivity contribution in [3.63, 3.8) is 0 Å². The Labute approximate surface area is 126 Å². The monoisotopic (exact) mass is 427 g/mol. The molecule has 0 N–H and O–H groups in total. The molecular formula is C12H5NO5W. The van der Waals surface area contributed by atoms with Crippen molar-refractivity contribution >= 4 is 33.9 Å². The molecule has 0 aliphatic rings. The number of carbonyl (C=O) groups excluding carboxylic acids is 5. The number of hydrogen-bond donors (Lipinski definition) is 0. The summed E-state index contributed by atoms with van der Waals surface area (Å²) in [5.74, 6) is 0. The van der Waals surface area contributed by atoms with Gasteiger partial charge in [0.25, 0.3) is 33.9 Å². The van der Waals surface area contributed by atoms with Crippen LogP contribution in [0.5, 0.6) is 0 Å². The summed E-state index contributed by atoms with van der Waals surface area (Å²) >= 11 is 0. The first-order chi connectivity index (χ1) is 8.93. The van der Waals surface area contributed by atoms with E-state index in [1.54, 1.807) is 12.1 Å². The van der Waals surface area contributed by atoms with Crippen molar-refractivity contribution in [3.8, 4) is 6.07 Å². The number of rotatable bonds is 0. The van der Waals surface area contributed by atoms with Crippen molar-refractivity contribution in [3.05, 3.63) is 35.9 Å². The molecule has 94 valence electrons. The fourth-order valence-corrected chi connectivity index (χ4v) is 0.513. The first-order valence-corrected chi connectivity index (χ1v) is 3.40. The molecule has 1 aromatic carbocycles. The fraction of sp³-hybridized carbons (Fsp3) is 0. The molecule has 10 radical (unpaired) electrons. The third-order valence-electron chi connectivity index (χ3n) is 0.903. The number of hydrogen-bond acceptors (Lipinski definition) is 6. The molecule has 0 fully saturated rings. The van der Waals surface area contributed by atoms with Gasteiger partial charge in [-0.3, -0.25) is 24.0 Å². The van der Waals surface area contributed by atoms with E-state index in [1.807, 2.05) is 24.3 Å². The summed E-state index contributed by atoms with van der Waals surface area (Å²) in [4.78, 5) is 37.5. The van der Waals surface area contributed by atoms with Gasteiger partial charge in [0.2, 0.25) is 0 Å². The molecular weight excluding hydrogens is 422 g/mol. The second kappa shape index (κ2) is 75.2. The second-order valence-corrected chi connectivity index (χ2v) is 1.48. The van der Waals surface area contributed by atoms with E-state index < -0.39 is 0 Å². The van der Waals surface area contributed by atoms with Crippen LogP contribution in [0.4, 0.5) is 0 Å². The van der Waals surface area contributed by atoms with E-state index in [4.69, 9.17) is 29.2 Å². The molecule has 0 saturated carbocycles. The van der Waals surface area contributed by atoms with Gasteiger partial charge >= 0.3 is 0 Å². The van der Waals surface area contributed by atoms with Crippen LogP contribution in [0.1, 0.15) is 5.56 Å². The summed E-state index contributed by atoms with van der Waals surface area (Å²) in [6.07, 6.45) is 0. The van der Waals surface area contributed by atoms with Gasteiger partial charge in [0.15, 0.2) is 0 Å². The zero-order chi connectivity index (χ0) is 15.8. The third kappa shape index (κ3) is 49.6. The Bertz CT molecular complexity index is 268. The Morgan fingerprint density at radius 2 is 0.947 bits per heavy atom. The van der Waals surface area contributed by atoms with E-state index in [0.29, 0.717) is 5.56 Å². The number of benzene rings is 1. The molecule has 0 atom stereocenters. The van der Waals surface area contributed by atoms with Crippen LogP contribution in [0.15, 0.2) is 30.3 Å². The van der Waals surface area contributed by atoms with E-state index in [2.05, 4.69) is 33.9 Å². The smallest absolute Gasteiger partial charge is 0.281 e. The normalized spacial score (nSPS) is 4.37. The van der Waals surface area contributed by atoms with Gasteiger partial charge in [-0.25, -0.2) is 0 Å². The summed E-state index contributed by atoms with van der Waals surface area (Å²) in [6.45, 7) is 22.5. The van der Waals surface area contributed by atoms with Crippen molar-refractivity contribution in [1.29, 1.82) is 5.26 Å². The van der Waals surface area contributed by atoms with Gasteiger partial charge in [-0.2, -0.15) is 5.26 Å². The van der Waals surface area contributed by atoms with Crippen LogP contribution < -0.4 is 0 Å². The van der Waals surface area contributed by atoms with Crippen LogP contribution in [-0.2, 0) is 45.0 Å². The first kappa shape index (κ1) is 36.0. The maximum absolute atomic E-state index is 8.29. The van der Waals surface area contributed by atoms with E-state index >= 15 is 0 Å². The average molecular weight is 427 g/mol.